The van der Waals surface area contributed by atoms with E-state index < -0.39 is 0 Å². The van der Waals surface area contributed by atoms with Gasteiger partial charge in [-0.15, -0.1) is 0 Å². The van der Waals surface area contributed by atoms with Crippen LogP contribution in [0.15, 0.2) is 16.6 Å². The van der Waals surface area contributed by atoms with E-state index in [-0.39, 0.29) is 12.0 Å². The van der Waals surface area contributed by atoms with Gasteiger partial charge in [-0.05, 0) is 28.8 Å². The lowest BCUT2D eigenvalue weighted by Gasteiger charge is -2.20. The third-order valence-electron chi connectivity index (χ3n) is 3.11. The molecule has 1 fully saturated rings. The van der Waals surface area contributed by atoms with Crippen molar-refractivity contribution in [3.8, 4) is 11.5 Å². The summed E-state index contributed by atoms with van der Waals surface area (Å²) < 4.78 is 17.1. The monoisotopic (exact) mass is 327 g/mol. The summed E-state index contributed by atoms with van der Waals surface area (Å²) in [5, 5.41) is 2.86. The van der Waals surface area contributed by atoms with E-state index in [9.17, 15) is 4.79 Å². The Hall–Kier alpha value is -1.27. The maximum Gasteiger partial charge on any atom is 0.253 e. The number of amides is 1. The normalized spacial score (nSPS) is 21.2. The summed E-state index contributed by atoms with van der Waals surface area (Å²) in [6, 6.07) is 3.57. The Morgan fingerprint density at radius 2 is 1.95 bits per heavy atom. The first-order chi connectivity index (χ1) is 9.24. The fourth-order valence-corrected chi connectivity index (χ4v) is 2.58. The van der Waals surface area contributed by atoms with Gasteiger partial charge < -0.3 is 19.5 Å². The first-order valence-electron chi connectivity index (χ1n) is 6.25. The molecule has 1 unspecified atom stereocenters. The van der Waals surface area contributed by atoms with Gasteiger partial charge in [-0.25, -0.2) is 0 Å². The summed E-state index contributed by atoms with van der Waals surface area (Å²) in [5.74, 6) is 1.22. The number of halogens is 1. The number of rotatable bonds is 2. The number of nitrogens with one attached hydrogen (secondary N) is 1. The zero-order valence-electron chi connectivity index (χ0n) is 10.3. The van der Waals surface area contributed by atoms with Gasteiger partial charge in [0.05, 0.1) is 5.69 Å². The van der Waals surface area contributed by atoms with E-state index in [0.717, 1.165) is 17.3 Å². The molecule has 1 amide bonds. The molecule has 0 spiro atoms. The van der Waals surface area contributed by atoms with Crippen molar-refractivity contribution in [2.24, 2.45) is 0 Å². The molecule has 2 aliphatic heterocycles. The van der Waals surface area contributed by atoms with Gasteiger partial charge in [0.25, 0.3) is 5.91 Å². The van der Waals surface area contributed by atoms with Gasteiger partial charge in [0.15, 0.2) is 11.5 Å². The van der Waals surface area contributed by atoms with Crippen LogP contribution < -0.4 is 14.8 Å². The number of fused-ring (bicyclic) bond motifs is 1. The van der Waals surface area contributed by atoms with E-state index in [1.807, 2.05) is 0 Å². The molecule has 102 valence electrons. The molecule has 2 heterocycles. The average Bonchev–Trinajstić information content (AvgIpc) is 2.93. The summed E-state index contributed by atoms with van der Waals surface area (Å²) in [5.41, 5.74) is 0.671. The van der Waals surface area contributed by atoms with Crippen molar-refractivity contribution in [3.05, 3.63) is 16.6 Å². The maximum absolute atomic E-state index is 12.0. The predicted octanol–water partition coefficient (Wildman–Crippen LogP) is 2.34. The number of anilines is 1. The minimum atomic E-state index is -0.347. The molecule has 1 aromatic carbocycles. The van der Waals surface area contributed by atoms with Crippen molar-refractivity contribution in [2.45, 2.75) is 18.9 Å². The Bertz CT molecular complexity index is 500. The Morgan fingerprint density at radius 3 is 2.63 bits per heavy atom. The van der Waals surface area contributed by atoms with Crippen LogP contribution in [-0.4, -0.2) is 31.8 Å². The summed E-state index contributed by atoms with van der Waals surface area (Å²) in [4.78, 5) is 12.0. The van der Waals surface area contributed by atoms with E-state index in [0.29, 0.717) is 37.0 Å². The standard InChI is InChI=1S/C13H14BrNO4/c14-8-6-11-12(19-5-4-18-11)7-9(8)15-13(16)10-2-1-3-17-10/h6-7,10H,1-5H2,(H,15,16). The molecule has 19 heavy (non-hydrogen) atoms. The molecule has 6 heteroatoms. The van der Waals surface area contributed by atoms with E-state index in [2.05, 4.69) is 21.2 Å². The van der Waals surface area contributed by atoms with E-state index in [1.54, 1.807) is 12.1 Å². The molecule has 0 bridgehead atoms. The highest BCUT2D eigenvalue weighted by Crippen LogP contribution is 2.38. The quantitative estimate of drug-likeness (QED) is 0.905. The number of hydrogen-bond acceptors (Lipinski definition) is 4. The number of hydrogen-bond donors (Lipinski definition) is 1. The maximum atomic E-state index is 12.0. The fourth-order valence-electron chi connectivity index (χ4n) is 2.16. The summed E-state index contributed by atoms with van der Waals surface area (Å²) in [7, 11) is 0. The largest absolute Gasteiger partial charge is 0.486 e. The topological polar surface area (TPSA) is 56.8 Å². The third-order valence-corrected chi connectivity index (χ3v) is 3.77. The van der Waals surface area contributed by atoms with E-state index in [4.69, 9.17) is 14.2 Å². The summed E-state index contributed by atoms with van der Waals surface area (Å²) in [6.07, 6.45) is 1.36. The Balaban J connectivity index is 1.78. The smallest absolute Gasteiger partial charge is 0.253 e. The summed E-state index contributed by atoms with van der Waals surface area (Å²) in [6.45, 7) is 1.72. The first kappa shape index (κ1) is 12.7. The predicted molar refractivity (Wildman–Crippen MR) is 72.7 cm³/mol. The van der Waals surface area contributed by atoms with Crippen molar-refractivity contribution < 1.29 is 19.0 Å². The minimum absolute atomic E-state index is 0.116. The Morgan fingerprint density at radius 1 is 1.21 bits per heavy atom. The van der Waals surface area contributed by atoms with Gasteiger partial charge in [0, 0.05) is 23.2 Å². The fraction of sp³-hybridized carbons (Fsp3) is 0.462. The van der Waals surface area contributed by atoms with Gasteiger partial charge >= 0.3 is 0 Å². The number of carbonyl (C=O) groups excluding carboxylic acids is 1. The van der Waals surface area contributed by atoms with Gasteiger partial charge in [-0.3, -0.25) is 4.79 Å². The van der Waals surface area contributed by atoms with Crippen molar-refractivity contribution >= 4 is 27.5 Å². The van der Waals surface area contributed by atoms with Crippen LogP contribution in [0.5, 0.6) is 11.5 Å². The molecule has 0 radical (unpaired) electrons. The SMILES string of the molecule is O=C(Nc1cc2c(cc1Br)OCCO2)C1CCCO1. The zero-order valence-corrected chi connectivity index (χ0v) is 11.9. The highest BCUT2D eigenvalue weighted by Gasteiger charge is 2.25. The molecule has 1 saturated heterocycles. The molecule has 5 nitrogen and oxygen atoms in total. The van der Waals surface area contributed by atoms with Gasteiger partial charge in [-0.1, -0.05) is 0 Å². The molecule has 0 aliphatic carbocycles. The van der Waals surface area contributed by atoms with Crippen LogP contribution >= 0.6 is 15.9 Å². The second-order valence-corrected chi connectivity index (χ2v) is 5.32. The van der Waals surface area contributed by atoms with Gasteiger partial charge in [0.1, 0.15) is 19.3 Å². The highest BCUT2D eigenvalue weighted by molar-refractivity contribution is 9.10. The molecule has 0 saturated carbocycles. The number of ether oxygens (including phenoxy) is 3. The van der Waals surface area contributed by atoms with Crippen molar-refractivity contribution in [3.63, 3.8) is 0 Å². The zero-order chi connectivity index (χ0) is 13.2. The highest BCUT2D eigenvalue weighted by atomic mass is 79.9. The second-order valence-electron chi connectivity index (χ2n) is 4.47. The van der Waals surface area contributed by atoms with Crippen LogP contribution in [0.25, 0.3) is 0 Å². The number of carbonyl (C=O) groups is 1. The van der Waals surface area contributed by atoms with Gasteiger partial charge in [0.2, 0.25) is 0 Å². The third kappa shape index (κ3) is 2.69. The molecule has 3 rings (SSSR count). The van der Waals surface area contributed by atoms with Crippen molar-refractivity contribution in [2.75, 3.05) is 25.1 Å². The minimum Gasteiger partial charge on any atom is -0.486 e. The van der Waals surface area contributed by atoms with Crippen LogP contribution in [0, 0.1) is 0 Å². The molecule has 1 N–H and O–H groups in total. The van der Waals surface area contributed by atoms with Crippen LogP contribution in [-0.2, 0) is 9.53 Å². The lowest BCUT2D eigenvalue weighted by Crippen LogP contribution is -2.27. The summed E-state index contributed by atoms with van der Waals surface area (Å²) >= 11 is 3.42. The van der Waals surface area contributed by atoms with E-state index in [1.165, 1.54) is 0 Å². The first-order valence-corrected chi connectivity index (χ1v) is 7.05. The lowest BCUT2D eigenvalue weighted by molar-refractivity contribution is -0.124. The Kier molecular flexibility index (Phi) is 3.61. The molecular weight excluding hydrogens is 314 g/mol. The van der Waals surface area contributed by atoms with Crippen LogP contribution in [0.1, 0.15) is 12.8 Å². The van der Waals surface area contributed by atoms with Crippen molar-refractivity contribution in [1.29, 1.82) is 0 Å². The molecule has 0 aromatic heterocycles. The van der Waals surface area contributed by atoms with Crippen LogP contribution in [0.3, 0.4) is 0 Å². The number of benzene rings is 1. The van der Waals surface area contributed by atoms with Crippen LogP contribution in [0.4, 0.5) is 5.69 Å². The van der Waals surface area contributed by atoms with Gasteiger partial charge in [-0.2, -0.15) is 0 Å². The lowest BCUT2D eigenvalue weighted by atomic mass is 10.2. The Labute approximate surface area is 119 Å². The average molecular weight is 328 g/mol. The second kappa shape index (κ2) is 5.38. The van der Waals surface area contributed by atoms with Crippen molar-refractivity contribution in [1.82, 2.24) is 0 Å². The molecular formula is C13H14BrNO4. The molecule has 1 aromatic rings. The molecule has 1 atom stereocenters. The van der Waals surface area contributed by atoms with E-state index >= 15 is 0 Å². The van der Waals surface area contributed by atoms with Crippen LogP contribution in [0.2, 0.25) is 0 Å². The molecule has 2 aliphatic rings.